The summed E-state index contributed by atoms with van der Waals surface area (Å²) in [5.41, 5.74) is 1.26. The van der Waals surface area contributed by atoms with Gasteiger partial charge in [-0.1, -0.05) is 0 Å². The van der Waals surface area contributed by atoms with Crippen LogP contribution < -0.4 is 14.8 Å². The Hall–Kier alpha value is -2.14. The number of thiol groups is 1. The van der Waals surface area contributed by atoms with Crippen LogP contribution in [0, 0.1) is 0 Å². The lowest BCUT2D eigenvalue weighted by molar-refractivity contribution is 0.102. The Morgan fingerprint density at radius 1 is 1.00 bits per heavy atom. The van der Waals surface area contributed by atoms with Gasteiger partial charge in [0, 0.05) is 28.6 Å². The quantitative estimate of drug-likeness (QED) is 0.836. The smallest absolute Gasteiger partial charge is 0.255 e. The molecule has 21 heavy (non-hydrogen) atoms. The van der Waals surface area contributed by atoms with Crippen molar-refractivity contribution >= 4 is 24.2 Å². The predicted molar refractivity (Wildman–Crippen MR) is 83.7 cm³/mol. The van der Waals surface area contributed by atoms with E-state index in [-0.39, 0.29) is 5.91 Å². The number of hydrogen-bond donors (Lipinski definition) is 2. The van der Waals surface area contributed by atoms with Crippen molar-refractivity contribution in [3.63, 3.8) is 0 Å². The predicted octanol–water partition coefficient (Wildman–Crippen LogP) is 3.39. The van der Waals surface area contributed by atoms with E-state index in [0.717, 1.165) is 11.3 Å². The van der Waals surface area contributed by atoms with Gasteiger partial charge in [-0.25, -0.2) is 0 Å². The first-order valence-electron chi connectivity index (χ1n) is 6.72. The van der Waals surface area contributed by atoms with E-state index >= 15 is 0 Å². The molecule has 5 heteroatoms. The van der Waals surface area contributed by atoms with Gasteiger partial charge in [-0.2, -0.15) is 0 Å². The Kier molecular flexibility index (Phi) is 4.01. The Balaban J connectivity index is 1.77. The molecule has 1 aliphatic heterocycles. The van der Waals surface area contributed by atoms with Gasteiger partial charge in [-0.05, 0) is 36.4 Å². The molecule has 0 aromatic heterocycles. The summed E-state index contributed by atoms with van der Waals surface area (Å²) >= 11 is 4.20. The molecule has 0 fully saturated rings. The first-order chi connectivity index (χ1) is 10.2. The lowest BCUT2D eigenvalue weighted by Crippen LogP contribution is -2.11. The first kappa shape index (κ1) is 13.8. The summed E-state index contributed by atoms with van der Waals surface area (Å²) in [5, 5.41) is 2.85. The van der Waals surface area contributed by atoms with E-state index in [0.29, 0.717) is 36.0 Å². The molecule has 0 saturated heterocycles. The van der Waals surface area contributed by atoms with Gasteiger partial charge in [-0.15, -0.1) is 12.6 Å². The Labute approximate surface area is 128 Å². The molecule has 108 valence electrons. The maximum atomic E-state index is 12.2. The van der Waals surface area contributed by atoms with Crippen LogP contribution in [0.1, 0.15) is 16.8 Å². The molecule has 0 aliphatic carbocycles. The molecule has 0 radical (unpaired) electrons. The second-order valence-corrected chi connectivity index (χ2v) is 5.23. The second-order valence-electron chi connectivity index (χ2n) is 4.71. The third-order valence-corrected chi connectivity index (χ3v) is 3.43. The number of ether oxygens (including phenoxy) is 2. The molecule has 0 saturated carbocycles. The third kappa shape index (κ3) is 3.31. The maximum Gasteiger partial charge on any atom is 0.255 e. The standard InChI is InChI=1S/C16H15NO3S/c18-16(11-2-5-13(21)6-3-11)17-12-4-7-14-15(10-12)20-9-1-8-19-14/h2-7,10,21H,1,8-9H2,(H,17,18). The highest BCUT2D eigenvalue weighted by Crippen LogP contribution is 2.32. The summed E-state index contributed by atoms with van der Waals surface area (Å²) in [4.78, 5) is 13.0. The summed E-state index contributed by atoms with van der Waals surface area (Å²) < 4.78 is 11.2. The van der Waals surface area contributed by atoms with Crippen LogP contribution in [0.4, 0.5) is 5.69 Å². The van der Waals surface area contributed by atoms with Crippen LogP contribution in [0.25, 0.3) is 0 Å². The fraction of sp³-hybridized carbons (Fsp3) is 0.188. The van der Waals surface area contributed by atoms with Crippen molar-refractivity contribution in [3.05, 3.63) is 48.0 Å². The second kappa shape index (κ2) is 6.10. The van der Waals surface area contributed by atoms with Crippen LogP contribution in [0.2, 0.25) is 0 Å². The van der Waals surface area contributed by atoms with Gasteiger partial charge in [0.2, 0.25) is 0 Å². The van der Waals surface area contributed by atoms with E-state index in [9.17, 15) is 4.79 Å². The molecule has 0 unspecified atom stereocenters. The van der Waals surface area contributed by atoms with E-state index in [2.05, 4.69) is 17.9 Å². The minimum absolute atomic E-state index is 0.169. The summed E-state index contributed by atoms with van der Waals surface area (Å²) in [6, 6.07) is 12.4. The van der Waals surface area contributed by atoms with Crippen LogP contribution in [0.15, 0.2) is 47.4 Å². The molecule has 1 amide bonds. The molecule has 0 atom stereocenters. The van der Waals surface area contributed by atoms with Crippen LogP contribution >= 0.6 is 12.6 Å². The first-order valence-corrected chi connectivity index (χ1v) is 7.17. The summed E-state index contributed by atoms with van der Waals surface area (Å²) in [7, 11) is 0. The summed E-state index contributed by atoms with van der Waals surface area (Å²) in [5.74, 6) is 1.21. The van der Waals surface area contributed by atoms with Crippen molar-refractivity contribution in [1.29, 1.82) is 0 Å². The van der Waals surface area contributed by atoms with Crippen LogP contribution in [0.3, 0.4) is 0 Å². The molecule has 2 aromatic rings. The van der Waals surface area contributed by atoms with E-state index in [1.165, 1.54) is 0 Å². The number of anilines is 1. The van der Waals surface area contributed by atoms with Crippen LogP contribution in [0.5, 0.6) is 11.5 Å². The van der Waals surface area contributed by atoms with Crippen LogP contribution in [-0.4, -0.2) is 19.1 Å². The van der Waals surface area contributed by atoms with Gasteiger partial charge in [0.25, 0.3) is 5.91 Å². The van der Waals surface area contributed by atoms with Crippen molar-refractivity contribution in [2.45, 2.75) is 11.3 Å². The number of fused-ring (bicyclic) bond motifs is 1. The topological polar surface area (TPSA) is 47.6 Å². The number of carbonyl (C=O) groups excluding carboxylic acids is 1. The van der Waals surface area contributed by atoms with Crippen molar-refractivity contribution in [2.75, 3.05) is 18.5 Å². The zero-order chi connectivity index (χ0) is 14.7. The highest BCUT2D eigenvalue weighted by atomic mass is 32.1. The van der Waals surface area contributed by atoms with Gasteiger partial charge >= 0.3 is 0 Å². The Bertz CT molecular complexity index is 655. The number of amides is 1. The van der Waals surface area contributed by atoms with Gasteiger partial charge in [0.1, 0.15) is 0 Å². The minimum atomic E-state index is -0.169. The highest BCUT2D eigenvalue weighted by Gasteiger charge is 2.12. The van der Waals surface area contributed by atoms with Gasteiger partial charge in [-0.3, -0.25) is 4.79 Å². The monoisotopic (exact) mass is 301 g/mol. The minimum Gasteiger partial charge on any atom is -0.490 e. The molecule has 3 rings (SSSR count). The molecule has 1 aliphatic rings. The third-order valence-electron chi connectivity index (χ3n) is 3.13. The molecule has 2 aromatic carbocycles. The van der Waals surface area contributed by atoms with Crippen LogP contribution in [-0.2, 0) is 0 Å². The molecule has 0 spiro atoms. The molecule has 1 N–H and O–H groups in total. The average Bonchev–Trinajstić information content (AvgIpc) is 2.72. The summed E-state index contributed by atoms with van der Waals surface area (Å²) in [6.45, 7) is 1.27. The zero-order valence-corrected chi connectivity index (χ0v) is 12.2. The maximum absolute atomic E-state index is 12.2. The lowest BCUT2D eigenvalue weighted by Gasteiger charge is -2.10. The number of nitrogens with one attached hydrogen (secondary N) is 1. The van der Waals surface area contributed by atoms with E-state index < -0.39 is 0 Å². The largest absolute Gasteiger partial charge is 0.490 e. The number of benzene rings is 2. The van der Waals surface area contributed by atoms with Gasteiger partial charge in [0.05, 0.1) is 13.2 Å². The molecular formula is C16H15NO3S. The summed E-state index contributed by atoms with van der Waals surface area (Å²) in [6.07, 6.45) is 0.854. The van der Waals surface area contributed by atoms with E-state index in [1.807, 2.05) is 6.07 Å². The average molecular weight is 301 g/mol. The van der Waals surface area contributed by atoms with E-state index in [4.69, 9.17) is 9.47 Å². The van der Waals surface area contributed by atoms with Crippen molar-refractivity contribution in [2.24, 2.45) is 0 Å². The Morgan fingerprint density at radius 3 is 2.48 bits per heavy atom. The van der Waals surface area contributed by atoms with Crippen molar-refractivity contribution in [3.8, 4) is 11.5 Å². The normalized spacial score (nSPS) is 13.4. The van der Waals surface area contributed by atoms with Gasteiger partial charge < -0.3 is 14.8 Å². The zero-order valence-electron chi connectivity index (χ0n) is 11.3. The van der Waals surface area contributed by atoms with Crippen molar-refractivity contribution in [1.82, 2.24) is 0 Å². The fourth-order valence-electron chi connectivity index (χ4n) is 2.06. The number of rotatable bonds is 2. The molecule has 4 nitrogen and oxygen atoms in total. The number of hydrogen-bond acceptors (Lipinski definition) is 4. The Morgan fingerprint density at radius 2 is 1.71 bits per heavy atom. The van der Waals surface area contributed by atoms with Gasteiger partial charge in [0.15, 0.2) is 11.5 Å². The molecule has 1 heterocycles. The molecular weight excluding hydrogens is 286 g/mol. The highest BCUT2D eigenvalue weighted by molar-refractivity contribution is 7.80. The lowest BCUT2D eigenvalue weighted by atomic mass is 10.2. The fourth-order valence-corrected chi connectivity index (χ4v) is 2.21. The molecule has 0 bridgehead atoms. The number of carbonyl (C=O) groups is 1. The SMILES string of the molecule is O=C(Nc1ccc2c(c1)OCCCO2)c1ccc(S)cc1. The van der Waals surface area contributed by atoms with E-state index in [1.54, 1.807) is 36.4 Å². The van der Waals surface area contributed by atoms with Crippen molar-refractivity contribution < 1.29 is 14.3 Å².